The van der Waals surface area contributed by atoms with Gasteiger partial charge in [0.15, 0.2) is 11.5 Å². The molecule has 1 fully saturated rings. The van der Waals surface area contributed by atoms with Crippen LogP contribution in [0.4, 0.5) is 4.79 Å². The predicted molar refractivity (Wildman–Crippen MR) is 108 cm³/mol. The van der Waals surface area contributed by atoms with E-state index in [0.717, 1.165) is 24.2 Å². The Morgan fingerprint density at radius 2 is 1.64 bits per heavy atom. The lowest BCUT2D eigenvalue weighted by atomic mass is 10.2. The van der Waals surface area contributed by atoms with Gasteiger partial charge >= 0.3 is 6.03 Å². The Kier molecular flexibility index (Phi) is 7.41. The third kappa shape index (κ3) is 5.81. The third-order valence-corrected chi connectivity index (χ3v) is 4.72. The van der Waals surface area contributed by atoms with Crippen LogP contribution in [0, 0.1) is 0 Å². The molecule has 0 saturated heterocycles. The molecule has 0 spiro atoms. The Hall–Kier alpha value is -2.89. The highest BCUT2D eigenvalue weighted by Crippen LogP contribution is 2.27. The van der Waals surface area contributed by atoms with Crippen molar-refractivity contribution in [2.45, 2.75) is 38.3 Å². The van der Waals surface area contributed by atoms with E-state index in [1.165, 1.54) is 12.8 Å². The normalized spacial score (nSPS) is 13.8. The van der Waals surface area contributed by atoms with E-state index in [4.69, 9.17) is 14.2 Å². The second kappa shape index (κ2) is 10.4. The summed E-state index contributed by atoms with van der Waals surface area (Å²) in [6.45, 7) is 1.17. The molecule has 6 nitrogen and oxygen atoms in total. The van der Waals surface area contributed by atoms with Gasteiger partial charge in [0.1, 0.15) is 12.4 Å². The first kappa shape index (κ1) is 19.9. The molecule has 0 heterocycles. The van der Waals surface area contributed by atoms with E-state index < -0.39 is 0 Å². The van der Waals surface area contributed by atoms with Gasteiger partial charge in [-0.1, -0.05) is 30.3 Å². The van der Waals surface area contributed by atoms with Crippen LogP contribution in [-0.4, -0.2) is 32.4 Å². The van der Waals surface area contributed by atoms with E-state index in [0.29, 0.717) is 37.3 Å². The first-order valence-corrected chi connectivity index (χ1v) is 9.78. The summed E-state index contributed by atoms with van der Waals surface area (Å²) in [5.41, 5.74) is 0.981. The van der Waals surface area contributed by atoms with Crippen molar-refractivity contribution >= 4 is 6.03 Å². The molecule has 0 aromatic heterocycles. The number of carbonyl (C=O) groups excluding carboxylic acids is 1. The van der Waals surface area contributed by atoms with Crippen molar-refractivity contribution in [3.8, 4) is 17.2 Å². The standard InChI is InChI=1S/C22H28N2O4/c1-26-20-12-6-7-13-21(20)27-15-14-23-22(25)24-16-17-8-2-5-11-19(17)28-18-9-3-4-10-18/h2,5-8,11-13,18H,3-4,9-10,14-16H2,1H3,(H2,23,24,25). The van der Waals surface area contributed by atoms with Crippen LogP contribution < -0.4 is 24.8 Å². The number of benzene rings is 2. The highest BCUT2D eigenvalue weighted by Gasteiger charge is 2.17. The lowest BCUT2D eigenvalue weighted by molar-refractivity contribution is 0.207. The molecule has 2 aromatic carbocycles. The molecule has 6 heteroatoms. The van der Waals surface area contributed by atoms with Crippen molar-refractivity contribution < 1.29 is 19.0 Å². The number of hydrogen-bond acceptors (Lipinski definition) is 4. The molecule has 0 aliphatic heterocycles. The molecule has 1 saturated carbocycles. The van der Waals surface area contributed by atoms with Crippen molar-refractivity contribution in [2.75, 3.05) is 20.3 Å². The summed E-state index contributed by atoms with van der Waals surface area (Å²) in [5.74, 6) is 2.19. The Balaban J connectivity index is 1.40. The van der Waals surface area contributed by atoms with Gasteiger partial charge < -0.3 is 24.8 Å². The number of amides is 2. The Bertz CT molecular complexity index is 760. The number of ether oxygens (including phenoxy) is 3. The van der Waals surface area contributed by atoms with Gasteiger partial charge in [0.25, 0.3) is 0 Å². The molecule has 1 aliphatic rings. The van der Waals surface area contributed by atoms with Crippen LogP contribution in [0.15, 0.2) is 48.5 Å². The topological polar surface area (TPSA) is 68.8 Å². The largest absolute Gasteiger partial charge is 0.493 e. The molecular formula is C22H28N2O4. The van der Waals surface area contributed by atoms with Crippen molar-refractivity contribution in [1.82, 2.24) is 10.6 Å². The molecule has 150 valence electrons. The Labute approximate surface area is 166 Å². The summed E-state index contributed by atoms with van der Waals surface area (Å²) in [4.78, 5) is 12.1. The highest BCUT2D eigenvalue weighted by molar-refractivity contribution is 5.73. The van der Waals surface area contributed by atoms with Crippen molar-refractivity contribution in [1.29, 1.82) is 0 Å². The first-order chi connectivity index (χ1) is 13.8. The molecular weight excluding hydrogens is 356 g/mol. The maximum atomic E-state index is 12.1. The fraction of sp³-hybridized carbons (Fsp3) is 0.409. The summed E-state index contributed by atoms with van der Waals surface area (Å²) in [6.07, 6.45) is 4.96. The maximum Gasteiger partial charge on any atom is 0.315 e. The molecule has 0 bridgehead atoms. The molecule has 0 atom stereocenters. The summed E-state index contributed by atoms with van der Waals surface area (Å²) in [7, 11) is 1.60. The van der Waals surface area contributed by atoms with Crippen molar-refractivity contribution in [3.63, 3.8) is 0 Å². The lowest BCUT2D eigenvalue weighted by Crippen LogP contribution is -2.37. The number of urea groups is 1. The molecule has 2 N–H and O–H groups in total. The summed E-state index contributed by atoms with van der Waals surface area (Å²) in [5, 5.41) is 5.67. The minimum atomic E-state index is -0.237. The second-order valence-corrected chi connectivity index (χ2v) is 6.74. The summed E-state index contributed by atoms with van der Waals surface area (Å²) >= 11 is 0. The maximum absolute atomic E-state index is 12.1. The lowest BCUT2D eigenvalue weighted by Gasteiger charge is -2.17. The van der Waals surface area contributed by atoms with Crippen LogP contribution in [0.1, 0.15) is 31.2 Å². The van der Waals surface area contributed by atoms with Crippen LogP contribution in [0.25, 0.3) is 0 Å². The molecule has 1 aliphatic carbocycles. The Morgan fingerprint density at radius 1 is 0.964 bits per heavy atom. The van der Waals surface area contributed by atoms with E-state index in [2.05, 4.69) is 10.6 Å². The third-order valence-electron chi connectivity index (χ3n) is 4.72. The molecule has 0 unspecified atom stereocenters. The van der Waals surface area contributed by atoms with Crippen molar-refractivity contribution in [2.24, 2.45) is 0 Å². The number of nitrogens with one attached hydrogen (secondary N) is 2. The van der Waals surface area contributed by atoms with Gasteiger partial charge in [-0.25, -0.2) is 4.79 Å². The van der Waals surface area contributed by atoms with E-state index in [1.54, 1.807) is 7.11 Å². The van der Waals surface area contributed by atoms with Crippen LogP contribution in [0.3, 0.4) is 0 Å². The van der Waals surface area contributed by atoms with Crippen LogP contribution in [0.5, 0.6) is 17.2 Å². The quantitative estimate of drug-likeness (QED) is 0.644. The van der Waals surface area contributed by atoms with Gasteiger partial charge in [-0.3, -0.25) is 0 Å². The fourth-order valence-corrected chi connectivity index (χ4v) is 3.25. The zero-order valence-electron chi connectivity index (χ0n) is 16.3. The van der Waals surface area contributed by atoms with Gasteiger partial charge in [0.2, 0.25) is 0 Å². The second-order valence-electron chi connectivity index (χ2n) is 6.74. The number of hydrogen-bond donors (Lipinski definition) is 2. The van der Waals surface area contributed by atoms with E-state index in [1.807, 2.05) is 48.5 Å². The molecule has 0 radical (unpaired) electrons. The monoisotopic (exact) mass is 384 g/mol. The van der Waals surface area contributed by atoms with E-state index >= 15 is 0 Å². The van der Waals surface area contributed by atoms with Gasteiger partial charge in [0.05, 0.1) is 19.8 Å². The number of methoxy groups -OCH3 is 1. The summed E-state index contributed by atoms with van der Waals surface area (Å²) < 4.78 is 17.0. The van der Waals surface area contributed by atoms with Gasteiger partial charge in [-0.15, -0.1) is 0 Å². The first-order valence-electron chi connectivity index (χ1n) is 9.78. The molecule has 28 heavy (non-hydrogen) atoms. The van der Waals surface area contributed by atoms with Crippen LogP contribution >= 0.6 is 0 Å². The fourth-order valence-electron chi connectivity index (χ4n) is 3.25. The number of rotatable bonds is 9. The number of para-hydroxylation sites is 3. The van der Waals surface area contributed by atoms with Crippen LogP contribution in [0.2, 0.25) is 0 Å². The SMILES string of the molecule is COc1ccccc1OCCNC(=O)NCc1ccccc1OC1CCCC1. The Morgan fingerprint density at radius 3 is 2.39 bits per heavy atom. The zero-order chi connectivity index (χ0) is 19.6. The summed E-state index contributed by atoms with van der Waals surface area (Å²) in [6, 6.07) is 15.1. The van der Waals surface area contributed by atoms with Crippen LogP contribution in [-0.2, 0) is 6.54 Å². The van der Waals surface area contributed by atoms with E-state index in [9.17, 15) is 4.79 Å². The minimum Gasteiger partial charge on any atom is -0.493 e. The minimum absolute atomic E-state index is 0.237. The predicted octanol–water partition coefficient (Wildman–Crippen LogP) is 3.89. The smallest absolute Gasteiger partial charge is 0.315 e. The molecule has 3 rings (SSSR count). The van der Waals surface area contributed by atoms with Gasteiger partial charge in [0, 0.05) is 12.1 Å². The molecule has 2 amide bonds. The van der Waals surface area contributed by atoms with Gasteiger partial charge in [-0.05, 0) is 43.9 Å². The van der Waals surface area contributed by atoms with Gasteiger partial charge in [-0.2, -0.15) is 0 Å². The average molecular weight is 384 g/mol. The van der Waals surface area contributed by atoms with Crippen molar-refractivity contribution in [3.05, 3.63) is 54.1 Å². The zero-order valence-corrected chi connectivity index (χ0v) is 16.3. The highest BCUT2D eigenvalue weighted by atomic mass is 16.5. The molecule has 2 aromatic rings. The van der Waals surface area contributed by atoms with E-state index in [-0.39, 0.29) is 6.03 Å². The average Bonchev–Trinajstić information content (AvgIpc) is 3.24. The number of carbonyl (C=O) groups is 1.